The summed E-state index contributed by atoms with van der Waals surface area (Å²) in [6.07, 6.45) is 0.116. The standard InChI is InChI=1S/C15H23ClN2O2/c1-14(2,3)20-13(19)18-12-8-11(16)7-6-10(12)9-15(4,5)17/h6-8H,9,17H2,1-5H3,(H,18,19). The van der Waals surface area contributed by atoms with E-state index in [1.165, 1.54) is 0 Å². The van der Waals surface area contributed by atoms with Crippen molar-refractivity contribution >= 4 is 23.4 Å². The fourth-order valence-corrected chi connectivity index (χ4v) is 1.90. The van der Waals surface area contributed by atoms with E-state index in [-0.39, 0.29) is 5.54 Å². The number of anilines is 1. The van der Waals surface area contributed by atoms with Gasteiger partial charge in [0.05, 0.1) is 0 Å². The molecule has 0 bridgehead atoms. The Labute approximate surface area is 125 Å². The lowest BCUT2D eigenvalue weighted by Gasteiger charge is -2.23. The number of amides is 1. The second-order valence-electron chi connectivity index (χ2n) is 6.59. The molecule has 112 valence electrons. The maximum absolute atomic E-state index is 11.8. The lowest BCUT2D eigenvalue weighted by Crippen LogP contribution is -2.35. The third kappa shape index (κ3) is 6.26. The van der Waals surface area contributed by atoms with Crippen LogP contribution in [0, 0.1) is 0 Å². The summed E-state index contributed by atoms with van der Waals surface area (Å²) in [6, 6.07) is 5.35. The van der Waals surface area contributed by atoms with E-state index >= 15 is 0 Å². The molecule has 0 saturated carbocycles. The number of rotatable bonds is 3. The van der Waals surface area contributed by atoms with Crippen molar-refractivity contribution in [1.82, 2.24) is 0 Å². The van der Waals surface area contributed by atoms with Crippen LogP contribution in [0.5, 0.6) is 0 Å². The van der Waals surface area contributed by atoms with Gasteiger partial charge in [-0.15, -0.1) is 0 Å². The third-order valence-electron chi connectivity index (χ3n) is 2.35. The molecule has 0 spiro atoms. The number of nitrogens with two attached hydrogens (primary N) is 1. The highest BCUT2D eigenvalue weighted by Gasteiger charge is 2.19. The smallest absolute Gasteiger partial charge is 0.412 e. The zero-order valence-electron chi connectivity index (χ0n) is 12.7. The summed E-state index contributed by atoms with van der Waals surface area (Å²) in [6.45, 7) is 9.30. The first-order valence-corrected chi connectivity index (χ1v) is 6.91. The molecule has 0 heterocycles. The van der Waals surface area contributed by atoms with Crippen LogP contribution in [0.2, 0.25) is 5.02 Å². The number of benzene rings is 1. The zero-order valence-corrected chi connectivity index (χ0v) is 13.5. The van der Waals surface area contributed by atoms with Crippen molar-refractivity contribution in [2.24, 2.45) is 5.73 Å². The summed E-state index contributed by atoms with van der Waals surface area (Å²) in [5.74, 6) is 0. The predicted octanol–water partition coefficient (Wildman–Crippen LogP) is 3.97. The Balaban J connectivity index is 2.93. The first kappa shape index (κ1) is 16.8. The second-order valence-corrected chi connectivity index (χ2v) is 7.03. The van der Waals surface area contributed by atoms with E-state index in [4.69, 9.17) is 22.1 Å². The molecule has 1 aromatic carbocycles. The van der Waals surface area contributed by atoms with Gasteiger partial charge in [0.25, 0.3) is 0 Å². The van der Waals surface area contributed by atoms with Gasteiger partial charge in [0, 0.05) is 16.2 Å². The minimum absolute atomic E-state index is 0.377. The Hall–Kier alpha value is -1.26. The van der Waals surface area contributed by atoms with Crippen molar-refractivity contribution < 1.29 is 9.53 Å². The van der Waals surface area contributed by atoms with Crippen LogP contribution in [0.4, 0.5) is 10.5 Å². The van der Waals surface area contributed by atoms with E-state index in [0.717, 1.165) is 5.56 Å². The Kier molecular flexibility index (Phi) is 5.05. The van der Waals surface area contributed by atoms with Gasteiger partial charge >= 0.3 is 6.09 Å². The van der Waals surface area contributed by atoms with E-state index < -0.39 is 11.7 Å². The van der Waals surface area contributed by atoms with Gasteiger partial charge in [-0.1, -0.05) is 17.7 Å². The maximum atomic E-state index is 11.8. The highest BCUT2D eigenvalue weighted by Crippen LogP contribution is 2.25. The van der Waals surface area contributed by atoms with Gasteiger partial charge < -0.3 is 10.5 Å². The Morgan fingerprint density at radius 3 is 2.40 bits per heavy atom. The number of carbonyl (C=O) groups excluding carboxylic acids is 1. The van der Waals surface area contributed by atoms with Gasteiger partial charge in [-0.2, -0.15) is 0 Å². The molecule has 20 heavy (non-hydrogen) atoms. The normalized spacial score (nSPS) is 12.2. The first-order chi connectivity index (χ1) is 8.96. The molecule has 3 N–H and O–H groups in total. The van der Waals surface area contributed by atoms with Crippen molar-refractivity contribution in [2.45, 2.75) is 52.2 Å². The molecule has 0 fully saturated rings. The Bertz CT molecular complexity index is 488. The van der Waals surface area contributed by atoms with E-state index in [1.54, 1.807) is 12.1 Å². The van der Waals surface area contributed by atoms with E-state index in [2.05, 4.69) is 5.32 Å². The SMILES string of the molecule is CC(C)(N)Cc1ccc(Cl)cc1NC(=O)OC(C)(C)C. The number of ether oxygens (including phenoxy) is 1. The quantitative estimate of drug-likeness (QED) is 0.887. The number of carbonyl (C=O) groups is 1. The van der Waals surface area contributed by atoms with Crippen molar-refractivity contribution in [2.75, 3.05) is 5.32 Å². The van der Waals surface area contributed by atoms with E-state index in [0.29, 0.717) is 17.1 Å². The summed E-state index contributed by atoms with van der Waals surface area (Å²) in [5, 5.41) is 3.28. The summed E-state index contributed by atoms with van der Waals surface area (Å²) in [4.78, 5) is 11.8. The molecule has 1 amide bonds. The molecule has 0 saturated heterocycles. The molecule has 5 heteroatoms. The van der Waals surface area contributed by atoms with Crippen molar-refractivity contribution in [3.05, 3.63) is 28.8 Å². The molecule has 0 aliphatic carbocycles. The monoisotopic (exact) mass is 298 g/mol. The molecule has 0 unspecified atom stereocenters. The van der Waals surface area contributed by atoms with Crippen molar-refractivity contribution in [3.8, 4) is 0 Å². The highest BCUT2D eigenvalue weighted by atomic mass is 35.5. The van der Waals surface area contributed by atoms with Crippen LogP contribution in [-0.4, -0.2) is 17.2 Å². The molecule has 0 aliphatic rings. The Morgan fingerprint density at radius 2 is 1.90 bits per heavy atom. The lowest BCUT2D eigenvalue weighted by molar-refractivity contribution is 0.0635. The van der Waals surface area contributed by atoms with E-state index in [1.807, 2.05) is 40.7 Å². The lowest BCUT2D eigenvalue weighted by atomic mass is 9.95. The predicted molar refractivity (Wildman–Crippen MR) is 83.3 cm³/mol. The van der Waals surface area contributed by atoms with Crippen molar-refractivity contribution in [1.29, 1.82) is 0 Å². The highest BCUT2D eigenvalue weighted by molar-refractivity contribution is 6.31. The largest absolute Gasteiger partial charge is 0.444 e. The molecule has 4 nitrogen and oxygen atoms in total. The summed E-state index contributed by atoms with van der Waals surface area (Å²) >= 11 is 5.98. The number of hydrogen-bond acceptors (Lipinski definition) is 3. The molecule has 1 aromatic rings. The first-order valence-electron chi connectivity index (χ1n) is 6.54. The number of nitrogens with one attached hydrogen (secondary N) is 1. The second kappa shape index (κ2) is 6.02. The molecule has 0 atom stereocenters. The molecule has 0 aromatic heterocycles. The minimum atomic E-state index is -0.546. The molecule has 0 radical (unpaired) electrons. The maximum Gasteiger partial charge on any atom is 0.412 e. The third-order valence-corrected chi connectivity index (χ3v) is 2.59. The fraction of sp³-hybridized carbons (Fsp3) is 0.533. The van der Waals surface area contributed by atoms with Crippen LogP contribution in [0.25, 0.3) is 0 Å². The van der Waals surface area contributed by atoms with E-state index in [9.17, 15) is 4.79 Å². The molecular weight excluding hydrogens is 276 g/mol. The topological polar surface area (TPSA) is 64.3 Å². The molecular formula is C15H23ClN2O2. The van der Waals surface area contributed by atoms with Crippen molar-refractivity contribution in [3.63, 3.8) is 0 Å². The minimum Gasteiger partial charge on any atom is -0.444 e. The van der Waals surface area contributed by atoms with Crippen LogP contribution in [0.15, 0.2) is 18.2 Å². The van der Waals surface area contributed by atoms with Gasteiger partial charge in [0.1, 0.15) is 5.60 Å². The average Bonchev–Trinajstić information content (AvgIpc) is 2.17. The van der Waals surface area contributed by atoms with Gasteiger partial charge in [-0.05, 0) is 58.7 Å². The van der Waals surface area contributed by atoms with Crippen LogP contribution >= 0.6 is 11.6 Å². The van der Waals surface area contributed by atoms with Crippen LogP contribution in [0.3, 0.4) is 0 Å². The van der Waals surface area contributed by atoms with Gasteiger partial charge in [-0.25, -0.2) is 4.79 Å². The molecule has 0 aliphatic heterocycles. The average molecular weight is 299 g/mol. The van der Waals surface area contributed by atoms with Crippen LogP contribution in [0.1, 0.15) is 40.2 Å². The summed E-state index contributed by atoms with van der Waals surface area (Å²) in [5.41, 5.74) is 6.66. The zero-order chi connectivity index (χ0) is 15.6. The van der Waals surface area contributed by atoms with Gasteiger partial charge in [-0.3, -0.25) is 5.32 Å². The van der Waals surface area contributed by atoms with Crippen LogP contribution in [-0.2, 0) is 11.2 Å². The van der Waals surface area contributed by atoms with Crippen LogP contribution < -0.4 is 11.1 Å². The summed E-state index contributed by atoms with van der Waals surface area (Å²) in [7, 11) is 0. The fourth-order valence-electron chi connectivity index (χ4n) is 1.72. The summed E-state index contributed by atoms with van der Waals surface area (Å²) < 4.78 is 5.24. The van der Waals surface area contributed by atoms with Gasteiger partial charge in [0.2, 0.25) is 0 Å². The number of halogens is 1. The molecule has 1 rings (SSSR count). The number of hydrogen-bond donors (Lipinski definition) is 2. The van der Waals surface area contributed by atoms with Gasteiger partial charge in [0.15, 0.2) is 0 Å². The Morgan fingerprint density at radius 1 is 1.30 bits per heavy atom.